The second-order valence-corrected chi connectivity index (χ2v) is 7.17. The molecule has 2 amide bonds. The minimum absolute atomic E-state index is 0.0667. The average molecular weight is 363 g/mol. The summed E-state index contributed by atoms with van der Waals surface area (Å²) in [7, 11) is 0. The SMILES string of the molecule is Cc1cc(CN2CCN(CC(=O)NCCCN3CCCC3=O)CC2)on1. The molecule has 8 nitrogen and oxygen atoms in total. The maximum absolute atomic E-state index is 12.1. The standard InChI is InChI=1S/C18H29N5O3/c1-15-12-16(26-20-15)13-21-8-10-22(11-9-21)14-17(24)19-5-3-7-23-6-2-4-18(23)25/h12H,2-11,13-14H2,1H3,(H,19,24). The first-order valence-corrected chi connectivity index (χ1v) is 9.51. The number of piperazine rings is 1. The molecule has 3 rings (SSSR count). The molecule has 0 saturated carbocycles. The summed E-state index contributed by atoms with van der Waals surface area (Å²) in [6.45, 7) is 8.98. The van der Waals surface area contributed by atoms with Crippen LogP contribution in [-0.4, -0.2) is 84.0 Å². The van der Waals surface area contributed by atoms with Gasteiger partial charge in [0.25, 0.3) is 0 Å². The topological polar surface area (TPSA) is 81.9 Å². The zero-order valence-corrected chi connectivity index (χ0v) is 15.6. The van der Waals surface area contributed by atoms with Gasteiger partial charge in [0.05, 0.1) is 18.8 Å². The predicted octanol–water partition coefficient (Wildman–Crippen LogP) is 0.229. The van der Waals surface area contributed by atoms with E-state index in [9.17, 15) is 9.59 Å². The summed E-state index contributed by atoms with van der Waals surface area (Å²) < 4.78 is 5.26. The minimum atomic E-state index is 0.0667. The van der Waals surface area contributed by atoms with E-state index in [1.807, 2.05) is 17.9 Å². The van der Waals surface area contributed by atoms with Gasteiger partial charge in [0.2, 0.25) is 11.8 Å². The molecule has 1 N–H and O–H groups in total. The van der Waals surface area contributed by atoms with Gasteiger partial charge in [0.15, 0.2) is 5.76 Å². The van der Waals surface area contributed by atoms with Crippen molar-refractivity contribution in [2.24, 2.45) is 0 Å². The summed E-state index contributed by atoms with van der Waals surface area (Å²) in [5.74, 6) is 1.21. The van der Waals surface area contributed by atoms with Crippen LogP contribution in [0, 0.1) is 6.92 Å². The van der Waals surface area contributed by atoms with E-state index in [4.69, 9.17) is 4.52 Å². The van der Waals surface area contributed by atoms with Gasteiger partial charge in [-0.05, 0) is 19.8 Å². The Labute approximate surface area is 154 Å². The molecule has 0 unspecified atom stereocenters. The van der Waals surface area contributed by atoms with Crippen molar-refractivity contribution >= 4 is 11.8 Å². The fraction of sp³-hybridized carbons (Fsp3) is 0.722. The number of aryl methyl sites for hydroxylation is 1. The molecule has 0 bridgehead atoms. The first-order chi connectivity index (χ1) is 12.6. The molecule has 3 heterocycles. The van der Waals surface area contributed by atoms with E-state index in [1.165, 1.54) is 0 Å². The molecule has 2 saturated heterocycles. The Morgan fingerprint density at radius 3 is 2.65 bits per heavy atom. The van der Waals surface area contributed by atoms with Crippen LogP contribution in [0.1, 0.15) is 30.7 Å². The monoisotopic (exact) mass is 363 g/mol. The molecule has 0 radical (unpaired) electrons. The van der Waals surface area contributed by atoms with E-state index in [-0.39, 0.29) is 11.8 Å². The lowest BCUT2D eigenvalue weighted by atomic mass is 10.3. The number of hydrogen-bond donors (Lipinski definition) is 1. The summed E-state index contributed by atoms with van der Waals surface area (Å²) in [5.41, 5.74) is 0.907. The van der Waals surface area contributed by atoms with E-state index in [0.29, 0.717) is 19.5 Å². The maximum Gasteiger partial charge on any atom is 0.234 e. The molecule has 2 fully saturated rings. The molecule has 0 aromatic carbocycles. The van der Waals surface area contributed by atoms with E-state index < -0.39 is 0 Å². The molecular formula is C18H29N5O3. The second kappa shape index (κ2) is 9.14. The Morgan fingerprint density at radius 2 is 2.00 bits per heavy atom. The number of nitrogens with zero attached hydrogens (tertiary/aromatic N) is 4. The number of nitrogens with one attached hydrogen (secondary N) is 1. The van der Waals surface area contributed by atoms with Crippen LogP contribution >= 0.6 is 0 Å². The van der Waals surface area contributed by atoms with Crippen molar-refractivity contribution in [1.29, 1.82) is 0 Å². The number of rotatable bonds is 8. The molecule has 144 valence electrons. The molecule has 1 aromatic rings. The zero-order chi connectivity index (χ0) is 18.4. The lowest BCUT2D eigenvalue weighted by Gasteiger charge is -2.33. The molecule has 0 spiro atoms. The van der Waals surface area contributed by atoms with Gasteiger partial charge in [0.1, 0.15) is 0 Å². The third-order valence-corrected chi connectivity index (χ3v) is 4.99. The van der Waals surface area contributed by atoms with E-state index >= 15 is 0 Å². The quantitative estimate of drug-likeness (QED) is 0.666. The minimum Gasteiger partial charge on any atom is -0.360 e. The summed E-state index contributed by atoms with van der Waals surface area (Å²) in [4.78, 5) is 30.0. The Bertz CT molecular complexity index is 610. The fourth-order valence-electron chi connectivity index (χ4n) is 3.51. The lowest BCUT2D eigenvalue weighted by Crippen LogP contribution is -2.49. The summed E-state index contributed by atoms with van der Waals surface area (Å²) in [6, 6.07) is 1.97. The van der Waals surface area contributed by atoms with Gasteiger partial charge >= 0.3 is 0 Å². The largest absolute Gasteiger partial charge is 0.360 e. The molecule has 1 aromatic heterocycles. The Kier molecular flexibility index (Phi) is 6.62. The molecule has 2 aliphatic heterocycles. The summed E-state index contributed by atoms with van der Waals surface area (Å²) >= 11 is 0. The molecule has 26 heavy (non-hydrogen) atoms. The Hall–Kier alpha value is -1.93. The van der Waals surface area contributed by atoms with Gasteiger partial charge in [-0.2, -0.15) is 0 Å². The third-order valence-electron chi connectivity index (χ3n) is 4.99. The molecule has 2 aliphatic rings. The Balaban J connectivity index is 1.26. The van der Waals surface area contributed by atoms with Crippen molar-refractivity contribution in [3.8, 4) is 0 Å². The van der Waals surface area contributed by atoms with E-state index in [2.05, 4.69) is 20.3 Å². The number of hydrogen-bond acceptors (Lipinski definition) is 6. The van der Waals surface area contributed by atoms with Crippen LogP contribution in [-0.2, 0) is 16.1 Å². The van der Waals surface area contributed by atoms with Crippen LogP contribution in [0.4, 0.5) is 0 Å². The molecular weight excluding hydrogens is 334 g/mol. The predicted molar refractivity (Wildman–Crippen MR) is 96.4 cm³/mol. The van der Waals surface area contributed by atoms with Crippen molar-refractivity contribution in [2.75, 3.05) is 52.4 Å². The third kappa shape index (κ3) is 5.54. The number of aromatic nitrogens is 1. The van der Waals surface area contributed by atoms with E-state index in [1.54, 1.807) is 0 Å². The van der Waals surface area contributed by atoms with E-state index in [0.717, 1.165) is 70.1 Å². The first-order valence-electron chi connectivity index (χ1n) is 9.51. The average Bonchev–Trinajstić information content (AvgIpc) is 3.22. The number of carbonyl (C=O) groups excluding carboxylic acids is 2. The van der Waals surface area contributed by atoms with Crippen LogP contribution in [0.3, 0.4) is 0 Å². The van der Waals surface area contributed by atoms with Crippen molar-refractivity contribution in [3.63, 3.8) is 0 Å². The van der Waals surface area contributed by atoms with Crippen LogP contribution < -0.4 is 5.32 Å². The summed E-state index contributed by atoms with van der Waals surface area (Å²) in [6.07, 6.45) is 2.46. The van der Waals surface area contributed by atoms with Crippen LogP contribution in [0.25, 0.3) is 0 Å². The van der Waals surface area contributed by atoms with Crippen LogP contribution in [0.15, 0.2) is 10.6 Å². The van der Waals surface area contributed by atoms with Gasteiger partial charge in [-0.3, -0.25) is 19.4 Å². The number of carbonyl (C=O) groups is 2. The highest BCUT2D eigenvalue weighted by Gasteiger charge is 2.21. The van der Waals surface area contributed by atoms with Gasteiger partial charge in [0, 0.05) is 58.3 Å². The lowest BCUT2D eigenvalue weighted by molar-refractivity contribution is -0.127. The highest BCUT2D eigenvalue weighted by molar-refractivity contribution is 5.78. The smallest absolute Gasteiger partial charge is 0.234 e. The number of amides is 2. The van der Waals surface area contributed by atoms with Crippen molar-refractivity contribution < 1.29 is 14.1 Å². The van der Waals surface area contributed by atoms with Gasteiger partial charge in [-0.1, -0.05) is 5.16 Å². The van der Waals surface area contributed by atoms with Gasteiger partial charge < -0.3 is 14.7 Å². The van der Waals surface area contributed by atoms with Crippen LogP contribution in [0.5, 0.6) is 0 Å². The maximum atomic E-state index is 12.1. The second-order valence-electron chi connectivity index (χ2n) is 7.17. The first kappa shape index (κ1) is 18.8. The van der Waals surface area contributed by atoms with Crippen molar-refractivity contribution in [2.45, 2.75) is 32.7 Å². The van der Waals surface area contributed by atoms with Gasteiger partial charge in [-0.15, -0.1) is 0 Å². The Morgan fingerprint density at radius 1 is 1.23 bits per heavy atom. The summed E-state index contributed by atoms with van der Waals surface area (Å²) in [5, 5.41) is 6.88. The van der Waals surface area contributed by atoms with Crippen molar-refractivity contribution in [3.05, 3.63) is 17.5 Å². The molecule has 0 aliphatic carbocycles. The van der Waals surface area contributed by atoms with Crippen molar-refractivity contribution in [1.82, 2.24) is 25.2 Å². The molecule has 8 heteroatoms. The fourth-order valence-corrected chi connectivity index (χ4v) is 3.51. The molecule has 0 atom stereocenters. The highest BCUT2D eigenvalue weighted by atomic mass is 16.5. The zero-order valence-electron chi connectivity index (χ0n) is 15.6. The van der Waals surface area contributed by atoms with Crippen LogP contribution in [0.2, 0.25) is 0 Å². The van der Waals surface area contributed by atoms with Gasteiger partial charge in [-0.25, -0.2) is 0 Å². The highest BCUT2D eigenvalue weighted by Crippen LogP contribution is 2.10. The normalized spacial score (nSPS) is 19.3. The number of likely N-dealkylation sites (tertiary alicyclic amines) is 1.